The molecule has 1 unspecified atom stereocenters. The van der Waals surface area contributed by atoms with E-state index in [4.69, 9.17) is 5.73 Å². The Balaban J connectivity index is 1.75. The molecule has 0 fully saturated rings. The van der Waals surface area contributed by atoms with Gasteiger partial charge in [0.2, 0.25) is 0 Å². The van der Waals surface area contributed by atoms with Crippen molar-refractivity contribution in [1.29, 1.82) is 0 Å². The van der Waals surface area contributed by atoms with Crippen LogP contribution in [0.25, 0.3) is 0 Å². The second kappa shape index (κ2) is 7.34. The van der Waals surface area contributed by atoms with E-state index >= 15 is 0 Å². The summed E-state index contributed by atoms with van der Waals surface area (Å²) in [4.78, 5) is 1.27. The molecule has 1 aromatic carbocycles. The van der Waals surface area contributed by atoms with Gasteiger partial charge >= 0.3 is 0 Å². The average molecular weight is 342 g/mol. The summed E-state index contributed by atoms with van der Waals surface area (Å²) < 4.78 is 1.15. The Kier molecular flexibility index (Phi) is 5.76. The summed E-state index contributed by atoms with van der Waals surface area (Å²) in [6.07, 6.45) is 2.13. The van der Waals surface area contributed by atoms with Crippen LogP contribution in [0.3, 0.4) is 0 Å². The van der Waals surface area contributed by atoms with Crippen molar-refractivity contribution in [3.05, 3.63) is 51.1 Å². The van der Waals surface area contributed by atoms with Crippen LogP contribution in [0.5, 0.6) is 0 Å². The predicted octanol–water partition coefficient (Wildman–Crippen LogP) is 4.56. The molecule has 2 N–H and O–H groups in total. The van der Waals surface area contributed by atoms with Crippen molar-refractivity contribution in [3.63, 3.8) is 0 Å². The normalized spacial score (nSPS) is 12.6. The molecule has 0 saturated carbocycles. The molecule has 1 nitrogen and oxygen atoms in total. The van der Waals surface area contributed by atoms with Crippen molar-refractivity contribution in [2.24, 2.45) is 5.73 Å². The van der Waals surface area contributed by atoms with E-state index in [0.29, 0.717) is 0 Å². The van der Waals surface area contributed by atoms with Gasteiger partial charge in [0.15, 0.2) is 0 Å². The molecule has 1 aromatic heterocycles. The standard InChI is InChI=1S/C14H16BrNS2/c15-13-3-1-2-4-14(13)18-10-12(16)6-5-11-7-8-17-9-11/h1-4,7-9,12H,5-6,10,16H2. The van der Waals surface area contributed by atoms with Gasteiger partial charge in [-0.3, -0.25) is 0 Å². The SMILES string of the molecule is NC(CCc1ccsc1)CSc1ccccc1Br. The summed E-state index contributed by atoms with van der Waals surface area (Å²) in [6, 6.07) is 10.7. The minimum atomic E-state index is 0.252. The lowest BCUT2D eigenvalue weighted by atomic mass is 10.1. The second-order valence-electron chi connectivity index (χ2n) is 4.17. The highest BCUT2D eigenvalue weighted by Gasteiger charge is 2.06. The highest BCUT2D eigenvalue weighted by Crippen LogP contribution is 2.27. The molecule has 0 aliphatic rings. The van der Waals surface area contributed by atoms with Crippen LogP contribution >= 0.6 is 39.0 Å². The maximum Gasteiger partial charge on any atom is 0.0311 e. The van der Waals surface area contributed by atoms with Crippen LogP contribution in [0.15, 0.2) is 50.5 Å². The van der Waals surface area contributed by atoms with E-state index in [0.717, 1.165) is 23.1 Å². The Hall–Kier alpha value is -0.290. The van der Waals surface area contributed by atoms with Crippen LogP contribution in [-0.4, -0.2) is 11.8 Å². The molecule has 0 radical (unpaired) electrons. The van der Waals surface area contributed by atoms with E-state index in [1.54, 1.807) is 11.3 Å². The van der Waals surface area contributed by atoms with Crippen LogP contribution < -0.4 is 5.73 Å². The van der Waals surface area contributed by atoms with E-state index in [2.05, 4.69) is 51.0 Å². The molecule has 18 heavy (non-hydrogen) atoms. The van der Waals surface area contributed by atoms with E-state index in [-0.39, 0.29) is 6.04 Å². The number of rotatable bonds is 6. The Morgan fingerprint density at radius 1 is 1.28 bits per heavy atom. The molecule has 2 aromatic rings. The maximum atomic E-state index is 6.16. The van der Waals surface area contributed by atoms with E-state index < -0.39 is 0 Å². The lowest BCUT2D eigenvalue weighted by Gasteiger charge is -2.11. The molecule has 4 heteroatoms. The largest absolute Gasteiger partial charge is 0.327 e. The third kappa shape index (κ3) is 4.43. The minimum absolute atomic E-state index is 0.252. The fourth-order valence-electron chi connectivity index (χ4n) is 1.63. The van der Waals surface area contributed by atoms with Gasteiger partial charge in [-0.1, -0.05) is 12.1 Å². The molecule has 0 saturated heterocycles. The van der Waals surface area contributed by atoms with Gasteiger partial charge in [0.05, 0.1) is 0 Å². The Morgan fingerprint density at radius 3 is 2.83 bits per heavy atom. The second-order valence-corrected chi connectivity index (χ2v) is 6.87. The fraction of sp³-hybridized carbons (Fsp3) is 0.286. The molecule has 0 bridgehead atoms. The number of hydrogen-bond donors (Lipinski definition) is 1. The molecule has 0 aliphatic carbocycles. The summed E-state index contributed by atoms with van der Waals surface area (Å²) in [5, 5.41) is 4.32. The molecular weight excluding hydrogens is 326 g/mol. The van der Waals surface area contributed by atoms with Gasteiger partial charge in [-0.05, 0) is 63.3 Å². The van der Waals surface area contributed by atoms with E-state index in [9.17, 15) is 0 Å². The van der Waals surface area contributed by atoms with Gasteiger partial charge in [-0.25, -0.2) is 0 Å². The van der Waals surface area contributed by atoms with Crippen LogP contribution in [0.2, 0.25) is 0 Å². The van der Waals surface area contributed by atoms with Gasteiger partial charge in [0.1, 0.15) is 0 Å². The zero-order valence-electron chi connectivity index (χ0n) is 10.0. The van der Waals surface area contributed by atoms with Crippen molar-refractivity contribution in [2.45, 2.75) is 23.8 Å². The first-order valence-electron chi connectivity index (χ1n) is 5.89. The van der Waals surface area contributed by atoms with Gasteiger partial charge in [0, 0.05) is 21.2 Å². The number of hydrogen-bond acceptors (Lipinski definition) is 3. The molecular formula is C14H16BrNS2. The van der Waals surface area contributed by atoms with Crippen molar-refractivity contribution >= 4 is 39.0 Å². The van der Waals surface area contributed by atoms with Crippen molar-refractivity contribution in [3.8, 4) is 0 Å². The third-order valence-corrected chi connectivity index (χ3v) is 5.62. The highest BCUT2D eigenvalue weighted by atomic mass is 79.9. The first-order valence-corrected chi connectivity index (χ1v) is 8.62. The quantitative estimate of drug-likeness (QED) is 0.779. The van der Waals surface area contributed by atoms with Crippen molar-refractivity contribution in [1.82, 2.24) is 0 Å². The highest BCUT2D eigenvalue weighted by molar-refractivity contribution is 9.10. The first kappa shape index (κ1) is 14.1. The number of thioether (sulfide) groups is 1. The van der Waals surface area contributed by atoms with Crippen LogP contribution in [-0.2, 0) is 6.42 Å². The zero-order chi connectivity index (χ0) is 12.8. The van der Waals surface area contributed by atoms with Crippen molar-refractivity contribution in [2.75, 3.05) is 5.75 Å². The number of halogens is 1. The molecule has 1 heterocycles. The Bertz CT molecular complexity index is 470. The third-order valence-electron chi connectivity index (χ3n) is 2.67. The molecule has 1 atom stereocenters. The summed E-state index contributed by atoms with van der Waals surface area (Å²) in [5.41, 5.74) is 7.56. The summed E-state index contributed by atoms with van der Waals surface area (Å²) in [7, 11) is 0. The summed E-state index contributed by atoms with van der Waals surface area (Å²) in [6.45, 7) is 0. The predicted molar refractivity (Wildman–Crippen MR) is 85.5 cm³/mol. The van der Waals surface area contributed by atoms with Gasteiger partial charge in [-0.2, -0.15) is 11.3 Å². The molecule has 96 valence electrons. The fourth-order valence-corrected chi connectivity index (χ4v) is 3.90. The number of aryl methyl sites for hydroxylation is 1. The first-order chi connectivity index (χ1) is 8.75. The summed E-state index contributed by atoms with van der Waals surface area (Å²) in [5.74, 6) is 0.965. The lowest BCUT2D eigenvalue weighted by Crippen LogP contribution is -2.23. The average Bonchev–Trinajstić information content (AvgIpc) is 2.88. The number of nitrogens with two attached hydrogens (primary N) is 1. The van der Waals surface area contributed by atoms with Crippen LogP contribution in [0, 0.1) is 0 Å². The molecule has 2 rings (SSSR count). The zero-order valence-corrected chi connectivity index (χ0v) is 13.2. The topological polar surface area (TPSA) is 26.0 Å². The lowest BCUT2D eigenvalue weighted by molar-refractivity contribution is 0.675. The van der Waals surface area contributed by atoms with Gasteiger partial charge < -0.3 is 5.73 Å². The van der Waals surface area contributed by atoms with Gasteiger partial charge in [0.25, 0.3) is 0 Å². The number of benzene rings is 1. The molecule has 0 aliphatic heterocycles. The van der Waals surface area contributed by atoms with Crippen LogP contribution in [0.1, 0.15) is 12.0 Å². The monoisotopic (exact) mass is 341 g/mol. The minimum Gasteiger partial charge on any atom is -0.327 e. The molecule has 0 amide bonds. The number of thiophene rings is 1. The summed E-state index contributed by atoms with van der Waals surface area (Å²) >= 11 is 7.13. The smallest absolute Gasteiger partial charge is 0.0311 e. The van der Waals surface area contributed by atoms with Crippen LogP contribution in [0.4, 0.5) is 0 Å². The Morgan fingerprint density at radius 2 is 2.11 bits per heavy atom. The van der Waals surface area contributed by atoms with E-state index in [1.165, 1.54) is 10.5 Å². The Labute approximate surface area is 125 Å². The van der Waals surface area contributed by atoms with Gasteiger partial charge in [-0.15, -0.1) is 11.8 Å². The maximum absolute atomic E-state index is 6.16. The molecule has 0 spiro atoms. The van der Waals surface area contributed by atoms with Crippen molar-refractivity contribution < 1.29 is 0 Å². The van der Waals surface area contributed by atoms with E-state index in [1.807, 2.05) is 17.8 Å².